The molecule has 0 unspecified atom stereocenters. The van der Waals surface area contributed by atoms with Crippen molar-refractivity contribution in [1.82, 2.24) is 19.6 Å². The molecule has 2 aromatic rings. The van der Waals surface area contributed by atoms with E-state index in [0.29, 0.717) is 49.5 Å². The molecule has 10 nitrogen and oxygen atoms in total. The third kappa shape index (κ3) is 9.87. The summed E-state index contributed by atoms with van der Waals surface area (Å²) in [5.74, 6) is 1.40. The molecule has 51 heavy (non-hydrogen) atoms. The summed E-state index contributed by atoms with van der Waals surface area (Å²) in [5.41, 5.74) is 2.82. The average Bonchev–Trinajstić information content (AvgIpc) is 3.28. The third-order valence-corrected chi connectivity index (χ3v) is 11.0. The molecule has 13 heteroatoms. The summed E-state index contributed by atoms with van der Waals surface area (Å²) in [5, 5.41) is 5.61. The van der Waals surface area contributed by atoms with Crippen LogP contribution in [0.3, 0.4) is 0 Å². The molecule has 6 rings (SSSR count). The van der Waals surface area contributed by atoms with Crippen LogP contribution in [0.5, 0.6) is 0 Å². The number of amides is 4. The number of carbonyl (C=O) groups is 3. The van der Waals surface area contributed by atoms with Gasteiger partial charge in [-0.1, -0.05) is 29.8 Å². The predicted molar refractivity (Wildman–Crippen MR) is 192 cm³/mol. The molecule has 0 radical (unpaired) electrons. The Morgan fingerprint density at radius 2 is 1.49 bits per heavy atom. The first-order valence-electron chi connectivity index (χ1n) is 18.2. The summed E-state index contributed by atoms with van der Waals surface area (Å²) < 4.78 is 43.1. The number of rotatable bonds is 5. The number of hydrogen-bond donors (Lipinski definition) is 2. The summed E-state index contributed by atoms with van der Waals surface area (Å²) in [6.07, 6.45) is 2.13. The van der Waals surface area contributed by atoms with Crippen molar-refractivity contribution in [2.24, 2.45) is 11.8 Å². The fraction of sp³-hybridized carbons (Fsp3) is 0.605. The van der Waals surface area contributed by atoms with Gasteiger partial charge in [0.2, 0.25) is 0 Å². The molecule has 4 aliphatic heterocycles. The SMILES string of the molecule is CN1CCC(C2CCN(C(=O)COC(=O)N3CCC(N4CCc5ccccc5NC4=O)CC3)CC2)CC1.CNc1c(C)cc(C)cc1C(F)(F)F. The molecular weight excluding hydrogens is 661 g/mol. The predicted octanol–water partition coefficient (Wildman–Crippen LogP) is 6.62. The fourth-order valence-corrected chi connectivity index (χ4v) is 8.05. The minimum atomic E-state index is -4.30. The zero-order valence-corrected chi connectivity index (χ0v) is 30.4. The first kappa shape index (κ1) is 38.2. The lowest BCUT2D eigenvalue weighted by Gasteiger charge is -2.39. The number of urea groups is 1. The van der Waals surface area contributed by atoms with E-state index in [9.17, 15) is 27.6 Å². The minimum Gasteiger partial charge on any atom is -0.439 e. The summed E-state index contributed by atoms with van der Waals surface area (Å²) in [6.45, 7) is 8.72. The lowest BCUT2D eigenvalue weighted by atomic mass is 9.79. The van der Waals surface area contributed by atoms with Crippen molar-refractivity contribution in [3.63, 3.8) is 0 Å². The van der Waals surface area contributed by atoms with Crippen LogP contribution in [0.2, 0.25) is 0 Å². The highest BCUT2D eigenvalue weighted by atomic mass is 19.4. The van der Waals surface area contributed by atoms with E-state index >= 15 is 0 Å². The lowest BCUT2D eigenvalue weighted by Crippen LogP contribution is -2.50. The van der Waals surface area contributed by atoms with Gasteiger partial charge in [-0.3, -0.25) is 4.79 Å². The van der Waals surface area contributed by atoms with Crippen LogP contribution in [0.25, 0.3) is 0 Å². The zero-order chi connectivity index (χ0) is 36.7. The van der Waals surface area contributed by atoms with Crippen LogP contribution in [0, 0.1) is 25.7 Å². The van der Waals surface area contributed by atoms with Crippen LogP contribution in [-0.4, -0.2) is 110 Å². The number of halogens is 3. The van der Waals surface area contributed by atoms with E-state index in [1.54, 1.807) is 24.8 Å². The Bertz CT molecular complexity index is 1510. The highest BCUT2D eigenvalue weighted by Gasteiger charge is 2.35. The Labute approximate surface area is 299 Å². The van der Waals surface area contributed by atoms with Crippen molar-refractivity contribution < 1.29 is 32.3 Å². The molecule has 2 aromatic carbocycles. The fourth-order valence-electron chi connectivity index (χ4n) is 8.05. The Morgan fingerprint density at radius 3 is 2.12 bits per heavy atom. The zero-order valence-electron chi connectivity index (χ0n) is 30.4. The average molecular weight is 715 g/mol. The van der Waals surface area contributed by atoms with Gasteiger partial charge in [-0.05, 0) is 114 Å². The molecule has 4 heterocycles. The molecule has 0 aromatic heterocycles. The number of likely N-dealkylation sites (tertiary alicyclic amines) is 3. The second kappa shape index (κ2) is 17.0. The number of hydrogen-bond acceptors (Lipinski definition) is 6. The normalized spacial score (nSPS) is 19.7. The van der Waals surface area contributed by atoms with E-state index in [1.165, 1.54) is 33.0 Å². The molecule has 0 atom stereocenters. The quantitative estimate of drug-likeness (QED) is 0.362. The maximum absolute atomic E-state index is 12.8. The van der Waals surface area contributed by atoms with Gasteiger partial charge in [0.05, 0.1) is 5.56 Å². The number of alkyl halides is 3. The summed E-state index contributed by atoms with van der Waals surface area (Å²) in [7, 11) is 3.68. The number of benzene rings is 2. The van der Waals surface area contributed by atoms with Gasteiger partial charge in [0.1, 0.15) is 0 Å². The molecule has 0 saturated carbocycles. The van der Waals surface area contributed by atoms with Crippen molar-refractivity contribution in [3.05, 3.63) is 58.7 Å². The highest BCUT2D eigenvalue weighted by Crippen LogP contribution is 2.37. The van der Waals surface area contributed by atoms with Crippen LogP contribution < -0.4 is 10.6 Å². The standard InChI is InChI=1S/C28H41N5O4.C10H12F3N/c1-30-13-6-21(7-14-30)22-8-15-31(16-9-22)26(34)20-37-28(36)32-17-11-24(12-18-32)33-19-10-23-4-2-3-5-25(23)29-27(33)35;1-6-4-7(2)9(14-3)8(5-6)10(11,12)13/h2-5,21-22,24H,6-20H2,1H3,(H,29,35);4-5,14H,1-3H3. The van der Waals surface area contributed by atoms with Crippen LogP contribution in [0.1, 0.15) is 60.8 Å². The maximum Gasteiger partial charge on any atom is 0.418 e. The number of nitrogens with zero attached hydrogens (tertiary/aromatic N) is 4. The van der Waals surface area contributed by atoms with Crippen molar-refractivity contribution in [2.75, 3.05) is 77.1 Å². The molecule has 0 aliphatic carbocycles. The number of piperidine rings is 3. The second-order valence-corrected chi connectivity index (χ2v) is 14.4. The van der Waals surface area contributed by atoms with E-state index in [4.69, 9.17) is 4.74 Å². The lowest BCUT2D eigenvalue weighted by molar-refractivity contribution is -0.137. The Hall–Kier alpha value is -4.00. The molecule has 2 N–H and O–H groups in total. The molecule has 3 fully saturated rings. The summed E-state index contributed by atoms with van der Waals surface area (Å²) in [4.78, 5) is 46.0. The maximum atomic E-state index is 12.8. The molecule has 0 spiro atoms. The molecule has 280 valence electrons. The van der Waals surface area contributed by atoms with Crippen molar-refractivity contribution in [2.45, 2.75) is 71.0 Å². The van der Waals surface area contributed by atoms with E-state index in [-0.39, 0.29) is 30.3 Å². The Kier molecular flexibility index (Phi) is 12.8. The van der Waals surface area contributed by atoms with Crippen molar-refractivity contribution in [1.29, 1.82) is 0 Å². The van der Waals surface area contributed by atoms with Crippen LogP contribution in [-0.2, 0) is 22.1 Å². The van der Waals surface area contributed by atoms with E-state index in [2.05, 4.69) is 28.6 Å². The van der Waals surface area contributed by atoms with Crippen LogP contribution in [0.15, 0.2) is 36.4 Å². The van der Waals surface area contributed by atoms with Gasteiger partial charge in [0.25, 0.3) is 5.91 Å². The smallest absolute Gasteiger partial charge is 0.418 e. The number of nitrogens with one attached hydrogen (secondary N) is 2. The highest BCUT2D eigenvalue weighted by molar-refractivity contribution is 5.91. The Balaban J connectivity index is 0.000000303. The number of para-hydroxylation sites is 1. The number of carbonyl (C=O) groups excluding carboxylic acids is 3. The molecular formula is C38H53F3N6O4. The van der Waals surface area contributed by atoms with Gasteiger partial charge in [-0.15, -0.1) is 0 Å². The Morgan fingerprint density at radius 1 is 0.882 bits per heavy atom. The summed E-state index contributed by atoms with van der Waals surface area (Å²) >= 11 is 0. The van der Waals surface area contributed by atoms with Crippen molar-refractivity contribution in [3.8, 4) is 0 Å². The third-order valence-electron chi connectivity index (χ3n) is 11.0. The number of anilines is 2. The molecule has 4 aliphatic rings. The van der Waals surface area contributed by atoms with Crippen LogP contribution >= 0.6 is 0 Å². The monoisotopic (exact) mass is 714 g/mol. The number of fused-ring (bicyclic) bond motifs is 1. The van der Waals surface area contributed by atoms with Crippen LogP contribution in [0.4, 0.5) is 34.1 Å². The van der Waals surface area contributed by atoms with Crippen molar-refractivity contribution >= 4 is 29.4 Å². The van der Waals surface area contributed by atoms with Gasteiger partial charge >= 0.3 is 18.3 Å². The summed E-state index contributed by atoms with van der Waals surface area (Å²) in [6, 6.07) is 10.8. The van der Waals surface area contributed by atoms with Gasteiger partial charge in [0.15, 0.2) is 6.61 Å². The van der Waals surface area contributed by atoms with E-state index in [1.807, 2.05) is 28.0 Å². The van der Waals surface area contributed by atoms with Gasteiger partial charge in [-0.2, -0.15) is 13.2 Å². The first-order valence-corrected chi connectivity index (χ1v) is 18.2. The number of ether oxygens (including phenoxy) is 1. The first-order chi connectivity index (χ1) is 24.3. The topological polar surface area (TPSA) is 97.5 Å². The molecule has 0 bridgehead atoms. The largest absolute Gasteiger partial charge is 0.439 e. The van der Waals surface area contributed by atoms with E-state index in [0.717, 1.165) is 55.6 Å². The number of aryl methyl sites for hydroxylation is 2. The van der Waals surface area contributed by atoms with Gasteiger partial charge in [0, 0.05) is 57.2 Å². The van der Waals surface area contributed by atoms with E-state index < -0.39 is 17.8 Å². The minimum absolute atomic E-state index is 0.0730. The van der Waals surface area contributed by atoms with Gasteiger partial charge in [-0.25, -0.2) is 9.59 Å². The second-order valence-electron chi connectivity index (χ2n) is 14.4. The molecule has 4 amide bonds. The van der Waals surface area contributed by atoms with Gasteiger partial charge < -0.3 is 35.0 Å². The molecule has 3 saturated heterocycles.